The van der Waals surface area contributed by atoms with Crippen molar-refractivity contribution in [1.29, 1.82) is 0 Å². The predicted molar refractivity (Wildman–Crippen MR) is 112 cm³/mol. The maximum absolute atomic E-state index is 13.1. The third-order valence-corrected chi connectivity index (χ3v) is 5.46. The number of anilines is 1. The SMILES string of the molecule is CCOC(=O)N1CCC(N2C(=O)CN=C(c3ccccc3)c3ccccc32)CC1. The summed E-state index contributed by atoms with van der Waals surface area (Å²) in [6.45, 7) is 3.47. The van der Waals surface area contributed by atoms with E-state index < -0.39 is 0 Å². The maximum Gasteiger partial charge on any atom is 0.409 e. The molecular weight excluding hydrogens is 366 g/mol. The summed E-state index contributed by atoms with van der Waals surface area (Å²) in [4.78, 5) is 33.4. The number of piperidine rings is 1. The van der Waals surface area contributed by atoms with E-state index >= 15 is 0 Å². The molecule has 0 spiro atoms. The Hall–Kier alpha value is -3.15. The number of carbonyl (C=O) groups is 2. The summed E-state index contributed by atoms with van der Waals surface area (Å²) in [7, 11) is 0. The molecule has 2 amide bonds. The first-order valence-corrected chi connectivity index (χ1v) is 10.1. The molecular formula is C23H25N3O3. The molecule has 6 heteroatoms. The van der Waals surface area contributed by atoms with Crippen LogP contribution in [0.4, 0.5) is 10.5 Å². The molecule has 1 saturated heterocycles. The number of benzodiazepines with no additional fused rings is 1. The number of hydrogen-bond acceptors (Lipinski definition) is 4. The van der Waals surface area contributed by atoms with Gasteiger partial charge in [0, 0.05) is 30.3 Å². The summed E-state index contributed by atoms with van der Waals surface area (Å²) in [6, 6.07) is 18.0. The standard InChI is InChI=1S/C23H25N3O3/c1-2-29-23(28)25-14-12-18(13-15-25)26-20-11-7-6-10-19(20)22(24-16-21(26)27)17-8-4-3-5-9-17/h3-11,18H,2,12-16H2,1H3. The number of aliphatic imine (C=N–C) groups is 1. The van der Waals surface area contributed by atoms with Gasteiger partial charge in [-0.1, -0.05) is 48.5 Å². The first kappa shape index (κ1) is 19.2. The topological polar surface area (TPSA) is 62.2 Å². The van der Waals surface area contributed by atoms with Gasteiger partial charge in [-0.3, -0.25) is 9.79 Å². The van der Waals surface area contributed by atoms with Gasteiger partial charge in [0.2, 0.25) is 5.91 Å². The smallest absolute Gasteiger partial charge is 0.409 e. The quantitative estimate of drug-likeness (QED) is 0.805. The molecule has 0 unspecified atom stereocenters. The number of benzene rings is 2. The summed E-state index contributed by atoms with van der Waals surface area (Å²) in [5, 5.41) is 0. The Kier molecular flexibility index (Phi) is 5.60. The second-order valence-electron chi connectivity index (χ2n) is 7.23. The van der Waals surface area contributed by atoms with Crippen LogP contribution in [0.2, 0.25) is 0 Å². The molecule has 0 aromatic heterocycles. The Morgan fingerprint density at radius 3 is 2.48 bits per heavy atom. The summed E-state index contributed by atoms with van der Waals surface area (Å²) in [5.74, 6) is -0.00188. The largest absolute Gasteiger partial charge is 0.450 e. The van der Waals surface area contributed by atoms with Crippen molar-refractivity contribution < 1.29 is 14.3 Å². The molecule has 29 heavy (non-hydrogen) atoms. The lowest BCUT2D eigenvalue weighted by Gasteiger charge is -2.38. The van der Waals surface area contributed by atoms with Crippen LogP contribution < -0.4 is 4.90 Å². The molecule has 0 aliphatic carbocycles. The summed E-state index contributed by atoms with van der Waals surface area (Å²) >= 11 is 0. The lowest BCUT2D eigenvalue weighted by molar-refractivity contribution is -0.117. The molecule has 0 saturated carbocycles. The van der Waals surface area contributed by atoms with E-state index in [9.17, 15) is 9.59 Å². The highest BCUT2D eigenvalue weighted by molar-refractivity contribution is 6.19. The van der Waals surface area contributed by atoms with Crippen LogP contribution in [0.25, 0.3) is 0 Å². The number of carbonyl (C=O) groups excluding carboxylic acids is 2. The number of amides is 2. The van der Waals surface area contributed by atoms with Gasteiger partial charge in [0.1, 0.15) is 6.54 Å². The van der Waals surface area contributed by atoms with E-state index in [2.05, 4.69) is 4.99 Å². The number of rotatable bonds is 3. The van der Waals surface area contributed by atoms with Crippen molar-refractivity contribution in [2.75, 3.05) is 31.1 Å². The van der Waals surface area contributed by atoms with Crippen LogP contribution in [0.1, 0.15) is 30.9 Å². The zero-order chi connectivity index (χ0) is 20.2. The van der Waals surface area contributed by atoms with Crippen LogP contribution in [0.5, 0.6) is 0 Å². The lowest BCUT2D eigenvalue weighted by Crippen LogP contribution is -2.49. The molecule has 2 aliphatic rings. The van der Waals surface area contributed by atoms with Gasteiger partial charge in [0.15, 0.2) is 0 Å². The molecule has 1 fully saturated rings. The fourth-order valence-electron chi connectivity index (χ4n) is 4.09. The van der Waals surface area contributed by atoms with Crippen LogP contribution in [0.15, 0.2) is 59.6 Å². The van der Waals surface area contributed by atoms with Crippen LogP contribution in [-0.4, -0.2) is 54.9 Å². The molecule has 0 radical (unpaired) electrons. The first-order valence-electron chi connectivity index (χ1n) is 10.1. The van der Waals surface area contributed by atoms with Gasteiger partial charge in [-0.05, 0) is 25.8 Å². The van der Waals surface area contributed by atoms with Crippen LogP contribution in [0, 0.1) is 0 Å². The van der Waals surface area contributed by atoms with E-state index in [4.69, 9.17) is 4.74 Å². The fourth-order valence-corrected chi connectivity index (χ4v) is 4.09. The highest BCUT2D eigenvalue weighted by Crippen LogP contribution is 2.31. The van der Waals surface area contributed by atoms with Crippen molar-refractivity contribution in [2.45, 2.75) is 25.8 Å². The van der Waals surface area contributed by atoms with E-state index in [1.807, 2.05) is 66.4 Å². The van der Waals surface area contributed by atoms with Crippen LogP contribution >= 0.6 is 0 Å². The Labute approximate surface area is 170 Å². The average Bonchev–Trinajstić information content (AvgIpc) is 2.91. The maximum atomic E-state index is 13.1. The third-order valence-electron chi connectivity index (χ3n) is 5.46. The van der Waals surface area contributed by atoms with Gasteiger partial charge in [0.05, 0.1) is 18.0 Å². The Morgan fingerprint density at radius 1 is 1.07 bits per heavy atom. The van der Waals surface area contributed by atoms with Gasteiger partial charge in [-0.25, -0.2) is 4.79 Å². The number of para-hydroxylation sites is 1. The second-order valence-corrected chi connectivity index (χ2v) is 7.23. The molecule has 0 N–H and O–H groups in total. The molecule has 0 atom stereocenters. The third kappa shape index (κ3) is 3.88. The van der Waals surface area contributed by atoms with E-state index in [-0.39, 0.29) is 24.6 Å². The molecule has 4 rings (SSSR count). The molecule has 0 bridgehead atoms. The molecule has 150 valence electrons. The number of hydrogen-bond donors (Lipinski definition) is 0. The summed E-state index contributed by atoms with van der Waals surface area (Å²) < 4.78 is 5.11. The lowest BCUT2D eigenvalue weighted by atomic mass is 9.97. The van der Waals surface area contributed by atoms with Gasteiger partial charge < -0.3 is 14.5 Å². The minimum atomic E-state index is -0.275. The van der Waals surface area contributed by atoms with Gasteiger partial charge in [0.25, 0.3) is 0 Å². The van der Waals surface area contributed by atoms with Gasteiger partial charge in [-0.15, -0.1) is 0 Å². The normalized spacial score (nSPS) is 17.4. The monoisotopic (exact) mass is 391 g/mol. The van der Waals surface area contributed by atoms with E-state index in [1.165, 1.54) is 0 Å². The highest BCUT2D eigenvalue weighted by Gasteiger charge is 2.34. The van der Waals surface area contributed by atoms with E-state index in [0.29, 0.717) is 19.7 Å². The number of likely N-dealkylation sites (tertiary alicyclic amines) is 1. The highest BCUT2D eigenvalue weighted by atomic mass is 16.6. The predicted octanol–water partition coefficient (Wildman–Crippen LogP) is 3.49. The number of ether oxygens (including phenoxy) is 1. The van der Waals surface area contributed by atoms with Crippen molar-refractivity contribution in [3.63, 3.8) is 0 Å². The molecule has 2 aliphatic heterocycles. The Balaban J connectivity index is 1.62. The van der Waals surface area contributed by atoms with Gasteiger partial charge >= 0.3 is 6.09 Å². The summed E-state index contributed by atoms with van der Waals surface area (Å²) in [5.41, 5.74) is 3.72. The summed E-state index contributed by atoms with van der Waals surface area (Å²) in [6.07, 6.45) is 1.17. The van der Waals surface area contributed by atoms with Crippen LogP contribution in [-0.2, 0) is 9.53 Å². The zero-order valence-corrected chi connectivity index (χ0v) is 16.6. The first-order chi connectivity index (χ1) is 14.2. The Morgan fingerprint density at radius 2 is 1.76 bits per heavy atom. The van der Waals surface area contributed by atoms with Crippen molar-refractivity contribution in [3.05, 3.63) is 65.7 Å². The second kappa shape index (κ2) is 8.47. The Bertz CT molecular complexity index is 918. The minimum Gasteiger partial charge on any atom is -0.450 e. The van der Waals surface area contributed by atoms with Crippen LogP contribution in [0.3, 0.4) is 0 Å². The molecule has 2 aromatic carbocycles. The van der Waals surface area contributed by atoms with E-state index in [0.717, 1.165) is 35.4 Å². The molecule has 2 heterocycles. The minimum absolute atomic E-state index is 0.00188. The number of nitrogens with zero attached hydrogens (tertiary/aromatic N) is 3. The van der Waals surface area contributed by atoms with Crippen molar-refractivity contribution >= 4 is 23.4 Å². The van der Waals surface area contributed by atoms with E-state index in [1.54, 1.807) is 4.90 Å². The number of fused-ring (bicyclic) bond motifs is 1. The average molecular weight is 391 g/mol. The van der Waals surface area contributed by atoms with Crippen molar-refractivity contribution in [1.82, 2.24) is 4.90 Å². The van der Waals surface area contributed by atoms with Crippen molar-refractivity contribution in [3.8, 4) is 0 Å². The fraction of sp³-hybridized carbons (Fsp3) is 0.348. The van der Waals surface area contributed by atoms with Gasteiger partial charge in [-0.2, -0.15) is 0 Å². The van der Waals surface area contributed by atoms with Crippen molar-refractivity contribution in [2.24, 2.45) is 4.99 Å². The molecule has 2 aromatic rings. The zero-order valence-electron chi connectivity index (χ0n) is 16.6. The molecule has 6 nitrogen and oxygen atoms in total.